The number of sulfonamides is 1. The molecule has 2 aromatic carbocycles. The van der Waals surface area contributed by atoms with Crippen molar-refractivity contribution in [1.29, 1.82) is 0 Å². The number of nitrogens with one attached hydrogen (secondary N) is 1. The Balaban J connectivity index is 1.64. The van der Waals surface area contributed by atoms with Crippen LogP contribution in [0.2, 0.25) is 10.0 Å². The molecule has 1 aliphatic carbocycles. The molecule has 38 heavy (non-hydrogen) atoms. The largest absolute Gasteiger partial charge is 0.293 e. The van der Waals surface area contributed by atoms with Crippen molar-refractivity contribution >= 4 is 38.9 Å². The summed E-state index contributed by atoms with van der Waals surface area (Å²) in [6.45, 7) is 6.60. The zero-order valence-corrected chi connectivity index (χ0v) is 23.9. The van der Waals surface area contributed by atoms with Crippen LogP contribution in [0.1, 0.15) is 56.7 Å². The highest BCUT2D eigenvalue weighted by Crippen LogP contribution is 2.46. The molecule has 0 atom stereocenters. The number of rotatable bonds is 9. The third-order valence-corrected chi connectivity index (χ3v) is 9.39. The van der Waals surface area contributed by atoms with Gasteiger partial charge in [0.05, 0.1) is 15.6 Å². The molecular weight excluding hydrogens is 543 g/mol. The van der Waals surface area contributed by atoms with Crippen LogP contribution >= 0.6 is 23.2 Å². The molecule has 1 saturated carbocycles. The number of fused-ring (bicyclic) bond motifs is 1. The van der Waals surface area contributed by atoms with E-state index in [9.17, 15) is 13.2 Å². The van der Waals surface area contributed by atoms with Gasteiger partial charge in [0.1, 0.15) is 0 Å². The Hall–Kier alpha value is -2.65. The van der Waals surface area contributed by atoms with Gasteiger partial charge in [-0.2, -0.15) is 4.31 Å². The van der Waals surface area contributed by atoms with Crippen LogP contribution in [-0.2, 0) is 10.0 Å². The first-order chi connectivity index (χ1) is 18.2. The first kappa shape index (κ1) is 26.9. The second kappa shape index (κ2) is 10.5. The van der Waals surface area contributed by atoms with Gasteiger partial charge >= 0.3 is 0 Å². The van der Waals surface area contributed by atoms with Gasteiger partial charge in [-0.3, -0.25) is 9.89 Å². The van der Waals surface area contributed by atoms with E-state index >= 15 is 0 Å². The summed E-state index contributed by atoms with van der Waals surface area (Å²) in [6, 6.07) is 11.9. The minimum absolute atomic E-state index is 0.211. The van der Waals surface area contributed by atoms with Crippen LogP contribution in [0.5, 0.6) is 0 Å². The van der Waals surface area contributed by atoms with E-state index < -0.39 is 10.0 Å². The molecule has 1 N–H and O–H groups in total. The summed E-state index contributed by atoms with van der Waals surface area (Å²) < 4.78 is 29.4. The Morgan fingerprint density at radius 3 is 2.29 bits per heavy atom. The summed E-state index contributed by atoms with van der Waals surface area (Å²) in [5.74, 6) is 0.306. The molecule has 0 bridgehead atoms. The second-order valence-corrected chi connectivity index (χ2v) is 12.6. The molecular formula is C28H30Cl2N4O3S. The highest BCUT2D eigenvalue weighted by atomic mass is 35.5. The maximum Gasteiger partial charge on any atom is 0.276 e. The summed E-state index contributed by atoms with van der Waals surface area (Å²) in [5.41, 5.74) is 4.39. The standard InChI is InChI=1S/C28H30Cl2N4O3S/c1-4-14-33(15-5-2)38(36,37)21-11-8-18(9-12-21)25-17(3)28(35)34-27(31-25)24(26(32-34)19-6-7-19)22-13-10-20(29)16-23(22)30/h8-13,16,19,32H,4-7,14-15H2,1-3H3. The van der Waals surface area contributed by atoms with Gasteiger partial charge in [-0.05, 0) is 56.9 Å². The van der Waals surface area contributed by atoms with Crippen LogP contribution < -0.4 is 5.56 Å². The lowest BCUT2D eigenvalue weighted by atomic mass is 10.0. The smallest absolute Gasteiger partial charge is 0.276 e. The van der Waals surface area contributed by atoms with E-state index in [1.807, 2.05) is 19.9 Å². The summed E-state index contributed by atoms with van der Waals surface area (Å²) in [4.78, 5) is 18.7. The second-order valence-electron chi connectivity index (χ2n) is 9.78. The number of aromatic nitrogens is 3. The maximum absolute atomic E-state index is 13.5. The van der Waals surface area contributed by atoms with E-state index in [2.05, 4.69) is 5.10 Å². The van der Waals surface area contributed by atoms with Gasteiger partial charge in [-0.25, -0.2) is 17.9 Å². The summed E-state index contributed by atoms with van der Waals surface area (Å²) >= 11 is 12.8. The number of hydrogen-bond donors (Lipinski definition) is 1. The molecule has 10 heteroatoms. The van der Waals surface area contributed by atoms with Crippen LogP contribution in [-0.4, -0.2) is 40.4 Å². The first-order valence-corrected chi connectivity index (χ1v) is 15.1. The minimum Gasteiger partial charge on any atom is -0.293 e. The third kappa shape index (κ3) is 4.79. The molecule has 0 unspecified atom stereocenters. The fourth-order valence-electron chi connectivity index (χ4n) is 4.86. The molecule has 1 aliphatic rings. The van der Waals surface area contributed by atoms with Crippen molar-refractivity contribution in [3.63, 3.8) is 0 Å². The zero-order valence-electron chi connectivity index (χ0n) is 21.6. The number of H-pyrrole nitrogens is 1. The first-order valence-electron chi connectivity index (χ1n) is 12.9. The fourth-order valence-corrected chi connectivity index (χ4v) is 6.99. The van der Waals surface area contributed by atoms with Crippen LogP contribution in [0.15, 0.2) is 52.2 Å². The Bertz CT molecular complexity index is 1670. The maximum atomic E-state index is 13.5. The van der Waals surface area contributed by atoms with Gasteiger partial charge < -0.3 is 0 Å². The lowest BCUT2D eigenvalue weighted by Crippen LogP contribution is -2.32. The molecule has 0 aliphatic heterocycles. The molecule has 7 nitrogen and oxygen atoms in total. The van der Waals surface area contributed by atoms with Gasteiger partial charge in [0.25, 0.3) is 5.56 Å². The summed E-state index contributed by atoms with van der Waals surface area (Å²) in [5, 5.41) is 4.29. The molecule has 0 spiro atoms. The Kier molecular flexibility index (Phi) is 7.44. The third-order valence-electron chi connectivity index (χ3n) is 6.93. The van der Waals surface area contributed by atoms with Gasteiger partial charge in [0, 0.05) is 52.0 Å². The van der Waals surface area contributed by atoms with Crippen molar-refractivity contribution in [2.24, 2.45) is 0 Å². The number of halogens is 2. The Morgan fingerprint density at radius 2 is 1.71 bits per heavy atom. The molecule has 1 fully saturated rings. The fraction of sp³-hybridized carbons (Fsp3) is 0.357. The molecule has 200 valence electrons. The van der Waals surface area contributed by atoms with Gasteiger partial charge in [0.15, 0.2) is 5.65 Å². The van der Waals surface area contributed by atoms with Crippen molar-refractivity contribution in [2.45, 2.75) is 57.3 Å². The Labute approximate surface area is 232 Å². The molecule has 5 rings (SSSR count). The number of benzene rings is 2. The van der Waals surface area contributed by atoms with Crippen LogP contribution in [0.25, 0.3) is 28.0 Å². The van der Waals surface area contributed by atoms with Crippen molar-refractivity contribution in [3.8, 4) is 22.4 Å². The number of nitrogens with zero attached hydrogens (tertiary/aromatic N) is 3. The normalized spacial score (nSPS) is 14.1. The SMILES string of the molecule is CCCN(CCC)S(=O)(=O)c1ccc(-c2nc3c(-c4ccc(Cl)cc4Cl)c(C4CC4)[nH]n3c(=O)c2C)cc1. The van der Waals surface area contributed by atoms with Crippen molar-refractivity contribution in [2.75, 3.05) is 13.1 Å². The van der Waals surface area contributed by atoms with Crippen molar-refractivity contribution in [1.82, 2.24) is 18.9 Å². The lowest BCUT2D eigenvalue weighted by Gasteiger charge is -2.21. The van der Waals surface area contributed by atoms with Crippen molar-refractivity contribution < 1.29 is 8.42 Å². The number of aromatic amines is 1. The summed E-state index contributed by atoms with van der Waals surface area (Å²) in [7, 11) is -3.61. The van der Waals surface area contributed by atoms with E-state index in [1.54, 1.807) is 43.3 Å². The van der Waals surface area contributed by atoms with Crippen LogP contribution in [0, 0.1) is 6.92 Å². The molecule has 0 amide bonds. The predicted molar refractivity (Wildman–Crippen MR) is 153 cm³/mol. The average Bonchev–Trinajstić information content (AvgIpc) is 3.67. The van der Waals surface area contributed by atoms with Crippen molar-refractivity contribution in [3.05, 3.63) is 74.1 Å². The highest BCUT2D eigenvalue weighted by Gasteiger charge is 2.32. The minimum atomic E-state index is -3.61. The van der Waals surface area contributed by atoms with Gasteiger partial charge in [0.2, 0.25) is 10.0 Å². The van der Waals surface area contributed by atoms with E-state index in [-0.39, 0.29) is 10.5 Å². The van der Waals surface area contributed by atoms with E-state index in [0.29, 0.717) is 51.5 Å². The number of hydrogen-bond acceptors (Lipinski definition) is 4. The van der Waals surface area contributed by atoms with E-state index in [4.69, 9.17) is 28.2 Å². The average molecular weight is 574 g/mol. The van der Waals surface area contributed by atoms with E-state index in [1.165, 1.54) is 8.82 Å². The molecule has 0 saturated heterocycles. The van der Waals surface area contributed by atoms with Gasteiger partial charge in [-0.1, -0.05) is 55.2 Å². The molecule has 2 heterocycles. The Morgan fingerprint density at radius 1 is 1.05 bits per heavy atom. The molecule has 0 radical (unpaired) electrons. The monoisotopic (exact) mass is 572 g/mol. The van der Waals surface area contributed by atoms with Gasteiger partial charge in [-0.15, -0.1) is 0 Å². The highest BCUT2D eigenvalue weighted by molar-refractivity contribution is 7.89. The van der Waals surface area contributed by atoms with Crippen LogP contribution in [0.4, 0.5) is 0 Å². The topological polar surface area (TPSA) is 87.5 Å². The van der Waals surface area contributed by atoms with E-state index in [0.717, 1.165) is 42.5 Å². The molecule has 2 aromatic heterocycles. The summed E-state index contributed by atoms with van der Waals surface area (Å²) in [6.07, 6.45) is 3.52. The van der Waals surface area contributed by atoms with Crippen LogP contribution in [0.3, 0.4) is 0 Å². The quantitative estimate of drug-likeness (QED) is 0.243. The zero-order chi connectivity index (χ0) is 27.2. The lowest BCUT2D eigenvalue weighted by molar-refractivity contribution is 0.410. The molecule has 4 aromatic rings. The predicted octanol–water partition coefficient (Wildman–Crippen LogP) is 6.66.